The van der Waals surface area contributed by atoms with Crippen molar-refractivity contribution in [2.45, 2.75) is 88.1 Å². The lowest BCUT2D eigenvalue weighted by atomic mass is 10.1. The van der Waals surface area contributed by atoms with Gasteiger partial charge in [-0.25, -0.2) is 0 Å². The van der Waals surface area contributed by atoms with Gasteiger partial charge in [-0.15, -0.1) is 0 Å². The molecule has 0 saturated carbocycles. The van der Waals surface area contributed by atoms with Crippen LogP contribution in [0.3, 0.4) is 0 Å². The minimum Gasteiger partial charge on any atom is -0.394 e. The van der Waals surface area contributed by atoms with Crippen molar-refractivity contribution in [1.82, 2.24) is 0 Å². The van der Waals surface area contributed by atoms with E-state index in [2.05, 4.69) is 4.74 Å². The molecule has 0 aromatic rings. The largest absolute Gasteiger partial charge is 0.394 e. The first-order chi connectivity index (χ1) is 14.1. The number of aliphatic hydroxyl groups is 13. The normalized spacial score (nSPS) is 22.0. The van der Waals surface area contributed by atoms with Gasteiger partial charge in [-0.1, -0.05) is 0 Å². The maximum Gasteiger partial charge on any atom is 0.183 e. The van der Waals surface area contributed by atoms with Gasteiger partial charge in [0.1, 0.15) is 42.7 Å². The molecule has 0 aliphatic rings. The molecule has 14 heteroatoms. The first kappa shape index (κ1) is 35.0. The summed E-state index contributed by atoms with van der Waals surface area (Å²) in [7, 11) is 1.25. The molecule has 14 nitrogen and oxygen atoms in total. The standard InChI is InChI=1S/2C6H14O5.C5H12O4/c2*1-3(8)5(10)6(11)4(9)2-7;1-3(6)4(7)5(8)9-2/h2*3-11H,2H2,1H3;3-8H,1-2H3. The highest BCUT2D eigenvalue weighted by atomic mass is 16.6. The van der Waals surface area contributed by atoms with E-state index >= 15 is 0 Å². The maximum absolute atomic E-state index is 8.94. The Bertz CT molecular complexity index is 371. The molecule has 11 unspecified atom stereocenters. The summed E-state index contributed by atoms with van der Waals surface area (Å²) in [6, 6.07) is 0. The third kappa shape index (κ3) is 15.8. The van der Waals surface area contributed by atoms with E-state index < -0.39 is 80.5 Å². The number of hydrogen-bond donors (Lipinski definition) is 13. The van der Waals surface area contributed by atoms with Crippen molar-refractivity contribution in [2.24, 2.45) is 0 Å². The Morgan fingerprint density at radius 1 is 0.484 bits per heavy atom. The molecule has 0 heterocycles. The molecule has 0 amide bonds. The van der Waals surface area contributed by atoms with Gasteiger partial charge in [0.05, 0.1) is 31.5 Å². The molecule has 0 rings (SSSR count). The van der Waals surface area contributed by atoms with Gasteiger partial charge in [0.2, 0.25) is 0 Å². The highest BCUT2D eigenvalue weighted by Gasteiger charge is 2.28. The average molecular weight is 468 g/mol. The average Bonchev–Trinajstić information content (AvgIpc) is 2.74. The zero-order valence-electron chi connectivity index (χ0n) is 18.0. The second-order valence-corrected chi connectivity index (χ2v) is 6.80. The lowest BCUT2D eigenvalue weighted by Gasteiger charge is -2.23. The first-order valence-corrected chi connectivity index (χ1v) is 9.33. The van der Waals surface area contributed by atoms with E-state index in [1.807, 2.05) is 0 Å². The van der Waals surface area contributed by atoms with Gasteiger partial charge < -0.3 is 71.1 Å². The van der Waals surface area contributed by atoms with E-state index in [1.54, 1.807) is 0 Å². The molecular weight excluding hydrogens is 428 g/mol. The topological polar surface area (TPSA) is 272 Å². The minimum absolute atomic E-state index is 0.648. The first-order valence-electron chi connectivity index (χ1n) is 9.33. The molecule has 0 aromatic heterocycles. The SMILES string of the molecule is CC(O)C(O)C(O)C(O)CO.CC(O)C(O)C(O)C(O)CO.COC(O)C(O)C(C)O. The predicted octanol–water partition coefficient (Wildman–Crippen LogP) is -6.42. The summed E-state index contributed by atoms with van der Waals surface area (Å²) in [5, 5.41) is 113. The van der Waals surface area contributed by atoms with E-state index in [1.165, 1.54) is 27.9 Å². The fraction of sp³-hybridized carbons (Fsp3) is 1.00. The van der Waals surface area contributed by atoms with Crippen LogP contribution in [0.25, 0.3) is 0 Å². The van der Waals surface area contributed by atoms with Gasteiger partial charge in [-0.3, -0.25) is 0 Å². The van der Waals surface area contributed by atoms with Crippen molar-refractivity contribution in [3.63, 3.8) is 0 Å². The van der Waals surface area contributed by atoms with Gasteiger partial charge in [0, 0.05) is 7.11 Å². The zero-order valence-corrected chi connectivity index (χ0v) is 18.0. The van der Waals surface area contributed by atoms with Crippen LogP contribution in [-0.4, -0.2) is 154 Å². The third-order valence-electron chi connectivity index (χ3n) is 3.88. The fourth-order valence-corrected chi connectivity index (χ4v) is 1.62. The Hall–Kier alpha value is -0.560. The van der Waals surface area contributed by atoms with Crippen LogP contribution in [0.5, 0.6) is 0 Å². The summed E-state index contributed by atoms with van der Waals surface area (Å²) in [5.74, 6) is 0. The molecule has 13 N–H and O–H groups in total. The number of rotatable bonds is 11. The third-order valence-corrected chi connectivity index (χ3v) is 3.88. The summed E-state index contributed by atoms with van der Waals surface area (Å²) in [6.07, 6.45) is -14.5. The lowest BCUT2D eigenvalue weighted by molar-refractivity contribution is -0.171. The molecule has 0 saturated heterocycles. The van der Waals surface area contributed by atoms with Crippen LogP contribution in [0, 0.1) is 0 Å². The molecule has 0 fully saturated rings. The summed E-state index contributed by atoms with van der Waals surface area (Å²) in [5.41, 5.74) is 0. The van der Waals surface area contributed by atoms with E-state index in [0.29, 0.717) is 0 Å². The van der Waals surface area contributed by atoms with Gasteiger partial charge in [-0.05, 0) is 20.8 Å². The minimum atomic E-state index is -1.51. The number of ether oxygens (including phenoxy) is 1. The van der Waals surface area contributed by atoms with Crippen molar-refractivity contribution in [3.05, 3.63) is 0 Å². The van der Waals surface area contributed by atoms with Crippen LogP contribution in [0.15, 0.2) is 0 Å². The molecule has 0 aliphatic carbocycles. The van der Waals surface area contributed by atoms with E-state index in [0.717, 1.165) is 0 Å². The second-order valence-electron chi connectivity index (χ2n) is 6.80. The Morgan fingerprint density at radius 3 is 0.871 bits per heavy atom. The molecule has 0 aliphatic heterocycles. The molecule has 0 radical (unpaired) electrons. The van der Waals surface area contributed by atoms with Crippen LogP contribution >= 0.6 is 0 Å². The fourth-order valence-electron chi connectivity index (χ4n) is 1.62. The summed E-state index contributed by atoms with van der Waals surface area (Å²) < 4.78 is 4.32. The van der Waals surface area contributed by atoms with Crippen molar-refractivity contribution < 1.29 is 71.1 Å². The van der Waals surface area contributed by atoms with Gasteiger partial charge in [-0.2, -0.15) is 0 Å². The van der Waals surface area contributed by atoms with E-state index in [4.69, 9.17) is 66.4 Å². The van der Waals surface area contributed by atoms with Gasteiger partial charge in [0.15, 0.2) is 6.29 Å². The molecule has 0 bridgehead atoms. The van der Waals surface area contributed by atoms with Gasteiger partial charge >= 0.3 is 0 Å². The lowest BCUT2D eigenvalue weighted by Crippen LogP contribution is -2.44. The van der Waals surface area contributed by atoms with Crippen molar-refractivity contribution in [2.75, 3.05) is 20.3 Å². The van der Waals surface area contributed by atoms with Crippen molar-refractivity contribution >= 4 is 0 Å². The van der Waals surface area contributed by atoms with Crippen LogP contribution < -0.4 is 0 Å². The van der Waals surface area contributed by atoms with Crippen LogP contribution in [0.1, 0.15) is 20.8 Å². The van der Waals surface area contributed by atoms with E-state index in [-0.39, 0.29) is 0 Å². The Labute approximate surface area is 180 Å². The molecule has 192 valence electrons. The molecule has 0 aromatic carbocycles. The van der Waals surface area contributed by atoms with Crippen LogP contribution in [0.2, 0.25) is 0 Å². The Morgan fingerprint density at radius 2 is 0.742 bits per heavy atom. The number of aliphatic hydroxyl groups excluding tert-OH is 13. The second kappa shape index (κ2) is 19.0. The predicted molar refractivity (Wildman–Crippen MR) is 104 cm³/mol. The Balaban J connectivity index is -0.000000382. The summed E-state index contributed by atoms with van der Waals surface area (Å²) in [4.78, 5) is 0. The number of methoxy groups -OCH3 is 1. The molecule has 11 atom stereocenters. The summed E-state index contributed by atoms with van der Waals surface area (Å²) in [6.45, 7) is 2.62. The summed E-state index contributed by atoms with van der Waals surface area (Å²) >= 11 is 0. The smallest absolute Gasteiger partial charge is 0.183 e. The highest BCUT2D eigenvalue weighted by molar-refractivity contribution is 4.78. The monoisotopic (exact) mass is 468 g/mol. The molecular formula is C17H40O14. The quantitative estimate of drug-likeness (QED) is 0.126. The molecule has 31 heavy (non-hydrogen) atoms. The van der Waals surface area contributed by atoms with Crippen LogP contribution in [-0.2, 0) is 4.74 Å². The maximum atomic E-state index is 8.94. The zero-order chi connectivity index (χ0) is 25.5. The number of hydrogen-bond acceptors (Lipinski definition) is 14. The van der Waals surface area contributed by atoms with Gasteiger partial charge in [0.25, 0.3) is 0 Å². The Kier molecular flexibility index (Phi) is 21.4. The molecule has 0 spiro atoms. The van der Waals surface area contributed by atoms with Crippen LogP contribution in [0.4, 0.5) is 0 Å². The van der Waals surface area contributed by atoms with Crippen molar-refractivity contribution in [1.29, 1.82) is 0 Å². The van der Waals surface area contributed by atoms with E-state index in [9.17, 15) is 0 Å². The highest BCUT2D eigenvalue weighted by Crippen LogP contribution is 2.04. The van der Waals surface area contributed by atoms with Crippen molar-refractivity contribution in [3.8, 4) is 0 Å².